The smallest absolute Gasteiger partial charge is 0.386 e. The molecule has 2 nitrogen and oxygen atoms in total. The average Bonchev–Trinajstić information content (AvgIpc) is 2.14. The van der Waals surface area contributed by atoms with E-state index in [1.807, 2.05) is 0 Å². The molecule has 0 aliphatic heterocycles. The first-order valence-electron chi connectivity index (χ1n) is 4.78. The maximum atomic E-state index is 12.5. The van der Waals surface area contributed by atoms with E-state index in [1.54, 1.807) is 0 Å². The second-order valence-corrected chi connectivity index (χ2v) is 4.18. The van der Waals surface area contributed by atoms with Crippen LogP contribution in [0, 0.1) is 0 Å². The van der Waals surface area contributed by atoms with Crippen LogP contribution in [0.15, 0.2) is 18.2 Å². The Morgan fingerprint density at radius 1 is 1.12 bits per heavy atom. The minimum absolute atomic E-state index is 0.00694. The van der Waals surface area contributed by atoms with Gasteiger partial charge in [-0.25, -0.2) is 0 Å². The molecule has 90 valence electrons. The van der Waals surface area contributed by atoms with Crippen LogP contribution in [0.25, 0.3) is 0 Å². The van der Waals surface area contributed by atoms with Gasteiger partial charge in [-0.05, 0) is 37.1 Å². The SMILES string of the molecule is CC(C)(O)c1cc(CN)cc(C(F)(F)F)c1. The maximum absolute atomic E-state index is 12.5. The molecule has 0 saturated carbocycles. The molecule has 0 aliphatic rings. The predicted molar refractivity (Wildman–Crippen MR) is 54.6 cm³/mol. The summed E-state index contributed by atoms with van der Waals surface area (Å²) in [5.41, 5.74) is 3.79. The quantitative estimate of drug-likeness (QED) is 0.823. The Hall–Kier alpha value is -1.07. The van der Waals surface area contributed by atoms with Crippen LogP contribution in [0.2, 0.25) is 0 Å². The summed E-state index contributed by atoms with van der Waals surface area (Å²) in [6.07, 6.45) is -4.43. The summed E-state index contributed by atoms with van der Waals surface area (Å²) in [7, 11) is 0. The minimum atomic E-state index is -4.43. The lowest BCUT2D eigenvalue weighted by Crippen LogP contribution is -2.18. The molecule has 0 spiro atoms. The van der Waals surface area contributed by atoms with E-state index in [0.29, 0.717) is 5.56 Å². The van der Waals surface area contributed by atoms with Crippen LogP contribution in [0.1, 0.15) is 30.5 Å². The van der Waals surface area contributed by atoms with Crippen LogP contribution in [0.4, 0.5) is 13.2 Å². The van der Waals surface area contributed by atoms with Crippen molar-refractivity contribution in [1.82, 2.24) is 0 Å². The van der Waals surface area contributed by atoms with Gasteiger partial charge in [-0.3, -0.25) is 0 Å². The van der Waals surface area contributed by atoms with Crippen molar-refractivity contribution in [2.24, 2.45) is 5.73 Å². The molecular formula is C11H14F3NO. The van der Waals surface area contributed by atoms with Gasteiger partial charge in [-0.2, -0.15) is 13.2 Å². The summed E-state index contributed by atoms with van der Waals surface area (Å²) in [6, 6.07) is 3.42. The zero-order chi connectivity index (χ0) is 12.6. The highest BCUT2D eigenvalue weighted by Gasteiger charge is 2.32. The lowest BCUT2D eigenvalue weighted by atomic mass is 9.94. The van der Waals surface area contributed by atoms with Crippen LogP contribution in [0.3, 0.4) is 0 Å². The Morgan fingerprint density at radius 3 is 2.00 bits per heavy atom. The molecule has 0 bridgehead atoms. The fourth-order valence-electron chi connectivity index (χ4n) is 1.33. The summed E-state index contributed by atoms with van der Waals surface area (Å²) in [5, 5.41) is 9.69. The Morgan fingerprint density at radius 2 is 1.62 bits per heavy atom. The third-order valence-electron chi connectivity index (χ3n) is 2.26. The normalized spacial score (nSPS) is 12.9. The molecule has 16 heavy (non-hydrogen) atoms. The summed E-state index contributed by atoms with van der Waals surface area (Å²) in [4.78, 5) is 0. The molecule has 3 N–H and O–H groups in total. The van der Waals surface area contributed by atoms with E-state index in [4.69, 9.17) is 5.73 Å². The van der Waals surface area contributed by atoms with Gasteiger partial charge < -0.3 is 10.8 Å². The van der Waals surface area contributed by atoms with Crippen LogP contribution >= 0.6 is 0 Å². The van der Waals surface area contributed by atoms with E-state index < -0.39 is 17.3 Å². The lowest BCUT2D eigenvalue weighted by Gasteiger charge is -2.20. The van der Waals surface area contributed by atoms with Gasteiger partial charge in [-0.1, -0.05) is 6.07 Å². The Balaban J connectivity index is 3.33. The summed E-state index contributed by atoms with van der Waals surface area (Å²) in [6.45, 7) is 2.87. The molecule has 0 aromatic heterocycles. The number of halogens is 3. The van der Waals surface area contributed by atoms with Crippen molar-refractivity contribution in [3.63, 3.8) is 0 Å². The number of alkyl halides is 3. The average molecular weight is 233 g/mol. The molecule has 1 rings (SSSR count). The number of aliphatic hydroxyl groups is 1. The van der Waals surface area contributed by atoms with E-state index in [0.717, 1.165) is 12.1 Å². The van der Waals surface area contributed by atoms with E-state index in [-0.39, 0.29) is 12.1 Å². The van der Waals surface area contributed by atoms with Gasteiger partial charge in [0.2, 0.25) is 0 Å². The highest BCUT2D eigenvalue weighted by atomic mass is 19.4. The number of hydrogen-bond acceptors (Lipinski definition) is 2. The molecule has 0 radical (unpaired) electrons. The maximum Gasteiger partial charge on any atom is 0.416 e. The number of rotatable bonds is 2. The number of benzene rings is 1. The van der Waals surface area contributed by atoms with Gasteiger partial charge in [0.1, 0.15) is 0 Å². The molecular weight excluding hydrogens is 219 g/mol. The molecule has 0 saturated heterocycles. The fraction of sp³-hybridized carbons (Fsp3) is 0.455. The second-order valence-electron chi connectivity index (χ2n) is 4.18. The highest BCUT2D eigenvalue weighted by molar-refractivity contribution is 5.34. The predicted octanol–water partition coefficient (Wildman–Crippen LogP) is 2.39. The molecule has 0 heterocycles. The Kier molecular flexibility index (Phi) is 3.30. The van der Waals surface area contributed by atoms with Gasteiger partial charge in [0.05, 0.1) is 11.2 Å². The van der Waals surface area contributed by atoms with Crippen molar-refractivity contribution < 1.29 is 18.3 Å². The first-order valence-corrected chi connectivity index (χ1v) is 4.78. The lowest BCUT2D eigenvalue weighted by molar-refractivity contribution is -0.137. The molecule has 0 aliphatic carbocycles. The monoisotopic (exact) mass is 233 g/mol. The van der Waals surface area contributed by atoms with Crippen LogP contribution < -0.4 is 5.73 Å². The molecule has 5 heteroatoms. The van der Waals surface area contributed by atoms with E-state index in [1.165, 1.54) is 19.9 Å². The van der Waals surface area contributed by atoms with Crippen molar-refractivity contribution in [2.45, 2.75) is 32.2 Å². The summed E-state index contributed by atoms with van der Waals surface area (Å²) < 4.78 is 37.6. The van der Waals surface area contributed by atoms with Crippen molar-refractivity contribution in [1.29, 1.82) is 0 Å². The molecule has 0 fully saturated rings. The number of hydrogen-bond donors (Lipinski definition) is 2. The molecule has 0 unspecified atom stereocenters. The van der Waals surface area contributed by atoms with Crippen LogP contribution in [-0.2, 0) is 18.3 Å². The zero-order valence-electron chi connectivity index (χ0n) is 9.10. The summed E-state index contributed by atoms with van der Waals surface area (Å²) in [5.74, 6) is 0. The van der Waals surface area contributed by atoms with Gasteiger partial charge >= 0.3 is 6.18 Å². The summed E-state index contributed by atoms with van der Waals surface area (Å²) >= 11 is 0. The van der Waals surface area contributed by atoms with E-state index >= 15 is 0 Å². The van der Waals surface area contributed by atoms with E-state index in [2.05, 4.69) is 0 Å². The van der Waals surface area contributed by atoms with Gasteiger partial charge in [0.15, 0.2) is 0 Å². The molecule has 0 amide bonds. The zero-order valence-corrected chi connectivity index (χ0v) is 9.10. The van der Waals surface area contributed by atoms with Crippen molar-refractivity contribution in [3.05, 3.63) is 34.9 Å². The number of nitrogens with two attached hydrogens (primary N) is 1. The second kappa shape index (κ2) is 4.07. The van der Waals surface area contributed by atoms with Crippen molar-refractivity contribution in [2.75, 3.05) is 0 Å². The van der Waals surface area contributed by atoms with Crippen molar-refractivity contribution >= 4 is 0 Å². The Bertz CT molecular complexity index is 348. The van der Waals surface area contributed by atoms with Gasteiger partial charge in [-0.15, -0.1) is 0 Å². The van der Waals surface area contributed by atoms with Gasteiger partial charge in [0.25, 0.3) is 0 Å². The molecule has 1 aromatic carbocycles. The fourth-order valence-corrected chi connectivity index (χ4v) is 1.33. The third kappa shape index (κ3) is 2.96. The first-order chi connectivity index (χ1) is 7.14. The topological polar surface area (TPSA) is 46.2 Å². The van der Waals surface area contributed by atoms with Crippen LogP contribution in [0.5, 0.6) is 0 Å². The Labute approximate surface area is 91.9 Å². The van der Waals surface area contributed by atoms with Gasteiger partial charge in [0, 0.05) is 6.54 Å². The first kappa shape index (κ1) is 13.0. The van der Waals surface area contributed by atoms with Crippen molar-refractivity contribution in [3.8, 4) is 0 Å². The third-order valence-corrected chi connectivity index (χ3v) is 2.26. The largest absolute Gasteiger partial charge is 0.416 e. The molecule has 0 atom stereocenters. The van der Waals surface area contributed by atoms with Crippen LogP contribution in [-0.4, -0.2) is 5.11 Å². The molecule has 1 aromatic rings. The van der Waals surface area contributed by atoms with E-state index in [9.17, 15) is 18.3 Å². The minimum Gasteiger partial charge on any atom is -0.386 e. The standard InChI is InChI=1S/C11H14F3NO/c1-10(2,16)8-3-7(6-15)4-9(5-8)11(12,13)14/h3-5,16H,6,15H2,1-2H3. The highest BCUT2D eigenvalue weighted by Crippen LogP contribution is 2.33.